The summed E-state index contributed by atoms with van der Waals surface area (Å²) in [7, 11) is 0. The Morgan fingerprint density at radius 1 is 1.10 bits per heavy atom. The van der Waals surface area contributed by atoms with Crippen molar-refractivity contribution < 1.29 is 13.2 Å². The lowest BCUT2D eigenvalue weighted by Crippen LogP contribution is -2.20. The van der Waals surface area contributed by atoms with Crippen molar-refractivity contribution in [2.45, 2.75) is 38.8 Å². The van der Waals surface area contributed by atoms with Crippen molar-refractivity contribution >= 4 is 0 Å². The molecule has 0 fully saturated rings. The number of hydrogen-bond donors (Lipinski definition) is 1. The third-order valence-corrected chi connectivity index (χ3v) is 3.53. The summed E-state index contributed by atoms with van der Waals surface area (Å²) in [5.41, 5.74) is 3.06. The van der Waals surface area contributed by atoms with Gasteiger partial charge in [-0.15, -0.1) is 0 Å². The van der Waals surface area contributed by atoms with E-state index in [2.05, 4.69) is 4.98 Å². The minimum Gasteiger partial charge on any atom is -0.358 e. The molecule has 108 valence electrons. The second kappa shape index (κ2) is 5.73. The summed E-state index contributed by atoms with van der Waals surface area (Å²) in [6, 6.07) is 10.6. The highest BCUT2D eigenvalue weighted by Crippen LogP contribution is 2.38. The molecule has 2 aromatic rings. The predicted octanol–water partition coefficient (Wildman–Crippen LogP) is 5.30. The summed E-state index contributed by atoms with van der Waals surface area (Å²) in [4.78, 5) is 3.22. The monoisotopic (exact) mass is 281 g/mol. The van der Waals surface area contributed by atoms with Crippen LogP contribution in [0.3, 0.4) is 0 Å². The van der Waals surface area contributed by atoms with Crippen LogP contribution in [0.25, 0.3) is 11.3 Å². The van der Waals surface area contributed by atoms with Gasteiger partial charge in [0.15, 0.2) is 0 Å². The van der Waals surface area contributed by atoms with Gasteiger partial charge in [0.25, 0.3) is 0 Å². The highest BCUT2D eigenvalue weighted by atomic mass is 19.4. The van der Waals surface area contributed by atoms with Crippen molar-refractivity contribution in [2.24, 2.45) is 0 Å². The van der Waals surface area contributed by atoms with E-state index in [-0.39, 0.29) is 6.42 Å². The molecule has 1 atom stereocenters. The second-order valence-electron chi connectivity index (χ2n) is 4.88. The molecule has 0 bridgehead atoms. The lowest BCUT2D eigenvalue weighted by molar-refractivity contribution is -0.151. The normalized spacial score (nSPS) is 13.4. The summed E-state index contributed by atoms with van der Waals surface area (Å²) < 4.78 is 39.0. The molecule has 0 saturated heterocycles. The van der Waals surface area contributed by atoms with Crippen LogP contribution < -0.4 is 0 Å². The van der Waals surface area contributed by atoms with E-state index in [0.717, 1.165) is 23.4 Å². The zero-order valence-electron chi connectivity index (χ0n) is 11.6. The minimum absolute atomic E-state index is 0.0535. The molecule has 2 rings (SSSR count). The molecule has 1 unspecified atom stereocenters. The number of rotatable bonds is 4. The Morgan fingerprint density at radius 2 is 1.85 bits per heavy atom. The van der Waals surface area contributed by atoms with E-state index in [9.17, 15) is 13.2 Å². The largest absolute Gasteiger partial charge is 0.395 e. The minimum atomic E-state index is -4.20. The summed E-state index contributed by atoms with van der Waals surface area (Å²) in [6.45, 7) is 3.59. The first kappa shape index (κ1) is 14.7. The molecule has 4 heteroatoms. The zero-order chi connectivity index (χ0) is 14.8. The molecule has 0 saturated carbocycles. The molecule has 1 aromatic carbocycles. The first-order valence-corrected chi connectivity index (χ1v) is 6.80. The smallest absolute Gasteiger partial charge is 0.358 e. The number of benzene rings is 1. The Labute approximate surface area is 116 Å². The van der Waals surface area contributed by atoms with Crippen LogP contribution in [-0.2, 0) is 6.42 Å². The van der Waals surface area contributed by atoms with Gasteiger partial charge < -0.3 is 4.98 Å². The lowest BCUT2D eigenvalue weighted by atomic mass is 9.94. The zero-order valence-corrected chi connectivity index (χ0v) is 11.6. The summed E-state index contributed by atoms with van der Waals surface area (Å²) >= 11 is 0. The number of aromatic nitrogens is 1. The summed E-state index contributed by atoms with van der Waals surface area (Å²) in [5.74, 6) is -1.40. The maximum atomic E-state index is 13.0. The number of halogens is 3. The standard InChI is InChI=1S/C16H18F3N/c1-3-13-8-9-15(20-13)12-7-5-6-11(10-12)14(4-2)16(17,18)19/h5-10,14,20H,3-4H2,1-2H3. The fourth-order valence-electron chi connectivity index (χ4n) is 2.39. The Balaban J connectivity index is 2.36. The van der Waals surface area contributed by atoms with E-state index in [1.165, 1.54) is 0 Å². The van der Waals surface area contributed by atoms with Gasteiger partial charge in [-0.25, -0.2) is 0 Å². The number of H-pyrrole nitrogens is 1. The molecule has 0 radical (unpaired) electrons. The summed E-state index contributed by atoms with van der Waals surface area (Å²) in [6.07, 6.45) is -3.27. The van der Waals surface area contributed by atoms with Crippen molar-refractivity contribution in [1.82, 2.24) is 4.98 Å². The van der Waals surface area contributed by atoms with Crippen LogP contribution in [0.5, 0.6) is 0 Å². The molecule has 1 heterocycles. The quantitative estimate of drug-likeness (QED) is 0.782. The van der Waals surface area contributed by atoms with Crippen LogP contribution in [0.1, 0.15) is 37.4 Å². The van der Waals surface area contributed by atoms with E-state index in [1.54, 1.807) is 25.1 Å². The van der Waals surface area contributed by atoms with Gasteiger partial charge in [-0.2, -0.15) is 13.2 Å². The number of hydrogen-bond acceptors (Lipinski definition) is 0. The van der Waals surface area contributed by atoms with Crippen LogP contribution in [0.2, 0.25) is 0 Å². The summed E-state index contributed by atoms with van der Waals surface area (Å²) in [5, 5.41) is 0. The van der Waals surface area contributed by atoms with Gasteiger partial charge in [-0.05, 0) is 42.2 Å². The average Bonchev–Trinajstić information content (AvgIpc) is 2.87. The van der Waals surface area contributed by atoms with E-state index in [0.29, 0.717) is 5.56 Å². The fourth-order valence-corrected chi connectivity index (χ4v) is 2.39. The molecule has 0 spiro atoms. The van der Waals surface area contributed by atoms with Crippen LogP contribution >= 0.6 is 0 Å². The Hall–Kier alpha value is -1.71. The molecule has 0 amide bonds. The van der Waals surface area contributed by atoms with E-state index in [1.807, 2.05) is 25.1 Å². The van der Waals surface area contributed by atoms with Crippen LogP contribution in [0, 0.1) is 0 Å². The Bertz CT molecular complexity index is 569. The second-order valence-corrected chi connectivity index (χ2v) is 4.88. The van der Waals surface area contributed by atoms with Gasteiger partial charge in [0.05, 0.1) is 5.92 Å². The fraction of sp³-hybridized carbons (Fsp3) is 0.375. The SMILES string of the molecule is CCc1ccc(-c2cccc(C(CC)C(F)(F)F)c2)[nH]1. The van der Waals surface area contributed by atoms with Crippen LogP contribution in [0.4, 0.5) is 13.2 Å². The Morgan fingerprint density at radius 3 is 2.40 bits per heavy atom. The Kier molecular flexibility index (Phi) is 4.21. The van der Waals surface area contributed by atoms with Gasteiger partial charge in [-0.3, -0.25) is 0 Å². The third kappa shape index (κ3) is 3.06. The van der Waals surface area contributed by atoms with Crippen LogP contribution in [-0.4, -0.2) is 11.2 Å². The molecule has 1 nitrogen and oxygen atoms in total. The van der Waals surface area contributed by atoms with E-state index < -0.39 is 12.1 Å². The molecule has 0 aliphatic carbocycles. The predicted molar refractivity (Wildman–Crippen MR) is 74.7 cm³/mol. The highest BCUT2D eigenvalue weighted by molar-refractivity contribution is 5.61. The van der Waals surface area contributed by atoms with Crippen molar-refractivity contribution in [2.75, 3.05) is 0 Å². The molecule has 20 heavy (non-hydrogen) atoms. The molecule has 0 aliphatic rings. The van der Waals surface area contributed by atoms with E-state index in [4.69, 9.17) is 0 Å². The maximum Gasteiger partial charge on any atom is 0.395 e. The number of nitrogens with one attached hydrogen (secondary N) is 1. The molecular weight excluding hydrogens is 263 g/mol. The van der Waals surface area contributed by atoms with Crippen molar-refractivity contribution in [1.29, 1.82) is 0 Å². The van der Waals surface area contributed by atoms with Gasteiger partial charge in [0.2, 0.25) is 0 Å². The number of alkyl halides is 3. The first-order chi connectivity index (χ1) is 9.45. The lowest BCUT2D eigenvalue weighted by Gasteiger charge is -2.19. The maximum absolute atomic E-state index is 13.0. The van der Waals surface area contributed by atoms with Gasteiger partial charge in [-0.1, -0.05) is 32.0 Å². The van der Waals surface area contributed by atoms with Gasteiger partial charge >= 0.3 is 6.18 Å². The van der Waals surface area contributed by atoms with E-state index >= 15 is 0 Å². The molecule has 1 aromatic heterocycles. The average molecular weight is 281 g/mol. The van der Waals surface area contributed by atoms with Crippen molar-refractivity contribution in [3.05, 3.63) is 47.7 Å². The third-order valence-electron chi connectivity index (χ3n) is 3.53. The molecule has 0 aliphatic heterocycles. The molecular formula is C16H18F3N. The van der Waals surface area contributed by atoms with Gasteiger partial charge in [0, 0.05) is 11.4 Å². The molecule has 1 N–H and O–H groups in total. The van der Waals surface area contributed by atoms with Gasteiger partial charge in [0.1, 0.15) is 0 Å². The van der Waals surface area contributed by atoms with Crippen molar-refractivity contribution in [3.63, 3.8) is 0 Å². The van der Waals surface area contributed by atoms with Crippen LogP contribution in [0.15, 0.2) is 36.4 Å². The number of aryl methyl sites for hydroxylation is 1. The number of aromatic amines is 1. The highest BCUT2D eigenvalue weighted by Gasteiger charge is 2.39. The first-order valence-electron chi connectivity index (χ1n) is 6.80. The van der Waals surface area contributed by atoms with Crippen molar-refractivity contribution in [3.8, 4) is 11.3 Å². The topological polar surface area (TPSA) is 15.8 Å².